The van der Waals surface area contributed by atoms with Gasteiger partial charge in [-0.3, -0.25) is 4.79 Å². The van der Waals surface area contributed by atoms with Crippen LogP contribution in [0.3, 0.4) is 0 Å². The number of nitrogens with zero attached hydrogens (tertiary/aromatic N) is 1. The SMILES string of the molecule is Cc1ccc(S(C)(=O)=O)cc1C(=O)OCC(=O)NCc1ccc(N(C)C)cc1. The first-order valence-electron chi connectivity index (χ1n) is 8.58. The molecule has 2 aromatic rings. The zero-order valence-corrected chi connectivity index (χ0v) is 17.2. The highest BCUT2D eigenvalue weighted by Crippen LogP contribution is 2.16. The molecule has 28 heavy (non-hydrogen) atoms. The lowest BCUT2D eigenvalue weighted by Gasteiger charge is -2.13. The third-order valence-corrected chi connectivity index (χ3v) is 5.24. The number of anilines is 1. The second-order valence-corrected chi connectivity index (χ2v) is 8.68. The number of nitrogens with one attached hydrogen (secondary N) is 1. The van der Waals surface area contributed by atoms with Crippen molar-refractivity contribution in [1.82, 2.24) is 5.32 Å². The van der Waals surface area contributed by atoms with E-state index >= 15 is 0 Å². The number of ether oxygens (including phenoxy) is 1. The molecule has 0 radical (unpaired) electrons. The first-order valence-corrected chi connectivity index (χ1v) is 10.5. The Bertz CT molecular complexity index is 967. The molecule has 0 spiro atoms. The van der Waals surface area contributed by atoms with Gasteiger partial charge in [0.25, 0.3) is 5.91 Å². The van der Waals surface area contributed by atoms with Crippen molar-refractivity contribution in [3.63, 3.8) is 0 Å². The van der Waals surface area contributed by atoms with Gasteiger partial charge in [-0.15, -0.1) is 0 Å². The van der Waals surface area contributed by atoms with Crippen molar-refractivity contribution in [2.45, 2.75) is 18.4 Å². The number of aryl methyl sites for hydroxylation is 1. The predicted molar refractivity (Wildman–Crippen MR) is 107 cm³/mol. The van der Waals surface area contributed by atoms with Gasteiger partial charge < -0.3 is 15.0 Å². The monoisotopic (exact) mass is 404 g/mol. The molecule has 0 atom stereocenters. The Morgan fingerprint density at radius 1 is 1.07 bits per heavy atom. The van der Waals surface area contributed by atoms with Gasteiger partial charge in [-0.1, -0.05) is 18.2 Å². The Labute approximate surface area is 165 Å². The molecule has 1 amide bonds. The number of benzene rings is 2. The fourth-order valence-electron chi connectivity index (χ4n) is 2.42. The number of amides is 1. The number of hydrogen-bond donors (Lipinski definition) is 1. The molecular formula is C20H24N2O5S. The molecule has 0 saturated carbocycles. The van der Waals surface area contributed by atoms with Crippen LogP contribution in [0.2, 0.25) is 0 Å². The van der Waals surface area contributed by atoms with Gasteiger partial charge in [-0.25, -0.2) is 13.2 Å². The molecular weight excluding hydrogens is 380 g/mol. The van der Waals surface area contributed by atoms with Crippen LogP contribution in [0.15, 0.2) is 47.4 Å². The predicted octanol–water partition coefficient (Wildman–Crippen LogP) is 1.94. The molecule has 7 nitrogen and oxygen atoms in total. The summed E-state index contributed by atoms with van der Waals surface area (Å²) in [4.78, 5) is 26.2. The van der Waals surface area contributed by atoms with Gasteiger partial charge >= 0.3 is 5.97 Å². The molecule has 150 valence electrons. The number of esters is 1. The summed E-state index contributed by atoms with van der Waals surface area (Å²) < 4.78 is 28.3. The Hall–Kier alpha value is -2.87. The van der Waals surface area contributed by atoms with Crippen molar-refractivity contribution in [3.8, 4) is 0 Å². The van der Waals surface area contributed by atoms with Gasteiger partial charge in [0.15, 0.2) is 16.4 Å². The molecule has 0 aliphatic heterocycles. The molecule has 0 bridgehead atoms. The maximum Gasteiger partial charge on any atom is 0.338 e. The molecule has 8 heteroatoms. The van der Waals surface area contributed by atoms with Gasteiger partial charge in [-0.05, 0) is 42.3 Å². The number of carbonyl (C=O) groups excluding carboxylic acids is 2. The zero-order valence-electron chi connectivity index (χ0n) is 16.4. The van der Waals surface area contributed by atoms with E-state index < -0.39 is 28.3 Å². The van der Waals surface area contributed by atoms with E-state index in [-0.39, 0.29) is 10.5 Å². The van der Waals surface area contributed by atoms with Crippen molar-refractivity contribution in [2.75, 3.05) is 31.9 Å². The van der Waals surface area contributed by atoms with Crippen LogP contribution in [-0.4, -0.2) is 47.3 Å². The fourth-order valence-corrected chi connectivity index (χ4v) is 3.07. The van der Waals surface area contributed by atoms with Crippen molar-refractivity contribution in [1.29, 1.82) is 0 Å². The highest BCUT2D eigenvalue weighted by molar-refractivity contribution is 7.90. The Kier molecular flexibility index (Phi) is 6.80. The van der Waals surface area contributed by atoms with Crippen LogP contribution in [0.5, 0.6) is 0 Å². The molecule has 0 heterocycles. The van der Waals surface area contributed by atoms with Crippen LogP contribution in [0.4, 0.5) is 5.69 Å². The number of sulfone groups is 1. The number of carbonyl (C=O) groups is 2. The van der Waals surface area contributed by atoms with Gasteiger partial charge in [0.1, 0.15) is 0 Å². The maximum atomic E-state index is 12.2. The van der Waals surface area contributed by atoms with E-state index in [4.69, 9.17) is 4.74 Å². The molecule has 2 aromatic carbocycles. The first kappa shape index (κ1) is 21.4. The van der Waals surface area contributed by atoms with Gasteiger partial charge in [0.05, 0.1) is 10.5 Å². The first-order chi connectivity index (χ1) is 13.1. The van der Waals surface area contributed by atoms with E-state index in [2.05, 4.69) is 5.32 Å². The topological polar surface area (TPSA) is 92.8 Å². The molecule has 1 N–H and O–H groups in total. The maximum absolute atomic E-state index is 12.2. The normalized spacial score (nSPS) is 11.0. The van der Waals surface area contributed by atoms with Gasteiger partial charge in [0.2, 0.25) is 0 Å². The van der Waals surface area contributed by atoms with E-state index in [1.54, 1.807) is 6.92 Å². The number of hydrogen-bond acceptors (Lipinski definition) is 6. The highest BCUT2D eigenvalue weighted by Gasteiger charge is 2.16. The Balaban J connectivity index is 1.91. The molecule has 0 unspecified atom stereocenters. The fraction of sp³-hybridized carbons (Fsp3) is 0.300. The van der Waals surface area contributed by atoms with Crippen LogP contribution < -0.4 is 10.2 Å². The lowest BCUT2D eigenvalue weighted by atomic mass is 10.1. The zero-order chi connectivity index (χ0) is 20.9. The van der Waals surface area contributed by atoms with Crippen molar-refractivity contribution in [2.24, 2.45) is 0 Å². The minimum atomic E-state index is -3.44. The van der Waals surface area contributed by atoms with Crippen molar-refractivity contribution >= 4 is 27.4 Å². The van der Waals surface area contributed by atoms with Gasteiger partial charge in [0, 0.05) is 32.6 Å². The number of rotatable bonds is 7. The van der Waals surface area contributed by atoms with E-state index in [9.17, 15) is 18.0 Å². The van der Waals surface area contributed by atoms with E-state index in [0.29, 0.717) is 12.1 Å². The van der Waals surface area contributed by atoms with Crippen molar-refractivity contribution in [3.05, 3.63) is 59.2 Å². The molecule has 0 aromatic heterocycles. The third kappa shape index (κ3) is 5.82. The molecule has 2 rings (SSSR count). The Morgan fingerprint density at radius 2 is 1.71 bits per heavy atom. The summed E-state index contributed by atoms with van der Waals surface area (Å²) in [6.45, 7) is 1.53. The van der Waals surface area contributed by atoms with Crippen LogP contribution in [0.25, 0.3) is 0 Å². The van der Waals surface area contributed by atoms with Crippen LogP contribution in [0.1, 0.15) is 21.5 Å². The second-order valence-electron chi connectivity index (χ2n) is 6.66. The quantitative estimate of drug-likeness (QED) is 0.709. The summed E-state index contributed by atoms with van der Waals surface area (Å²) in [5, 5.41) is 2.68. The Morgan fingerprint density at radius 3 is 2.29 bits per heavy atom. The lowest BCUT2D eigenvalue weighted by Crippen LogP contribution is -2.28. The minimum absolute atomic E-state index is 0.0238. The van der Waals surface area contributed by atoms with Gasteiger partial charge in [-0.2, -0.15) is 0 Å². The van der Waals surface area contributed by atoms with Crippen LogP contribution in [0, 0.1) is 6.92 Å². The van der Waals surface area contributed by atoms with Crippen LogP contribution >= 0.6 is 0 Å². The summed E-state index contributed by atoms with van der Waals surface area (Å²) in [6, 6.07) is 11.9. The minimum Gasteiger partial charge on any atom is -0.452 e. The average Bonchev–Trinajstić information content (AvgIpc) is 2.64. The smallest absolute Gasteiger partial charge is 0.338 e. The highest BCUT2D eigenvalue weighted by atomic mass is 32.2. The van der Waals surface area contributed by atoms with E-state index in [0.717, 1.165) is 17.5 Å². The summed E-state index contributed by atoms with van der Waals surface area (Å²) in [6.07, 6.45) is 1.06. The van der Waals surface area contributed by atoms with Crippen molar-refractivity contribution < 1.29 is 22.7 Å². The van der Waals surface area contributed by atoms with E-state index in [1.807, 2.05) is 43.3 Å². The summed E-state index contributed by atoms with van der Waals surface area (Å²) in [5.74, 6) is -1.18. The largest absolute Gasteiger partial charge is 0.452 e. The second kappa shape index (κ2) is 8.88. The molecule has 0 saturated heterocycles. The lowest BCUT2D eigenvalue weighted by molar-refractivity contribution is -0.124. The summed E-state index contributed by atoms with van der Waals surface area (Å²) in [7, 11) is 0.441. The molecule has 0 aliphatic rings. The summed E-state index contributed by atoms with van der Waals surface area (Å²) in [5.41, 5.74) is 2.66. The molecule has 0 aliphatic carbocycles. The standard InChI is InChI=1S/C20H24N2O5S/c1-14-5-10-17(28(4,25)26)11-18(14)20(24)27-13-19(23)21-12-15-6-8-16(9-7-15)22(2)3/h5-11H,12-13H2,1-4H3,(H,21,23). The van der Waals surface area contributed by atoms with E-state index in [1.165, 1.54) is 18.2 Å². The third-order valence-electron chi connectivity index (χ3n) is 4.13. The average molecular weight is 404 g/mol. The summed E-state index contributed by atoms with van der Waals surface area (Å²) >= 11 is 0. The van der Waals surface area contributed by atoms with Crippen LogP contribution in [-0.2, 0) is 25.9 Å². The molecule has 0 fully saturated rings.